The highest BCUT2D eigenvalue weighted by Gasteiger charge is 2.39. The molecule has 2 N–H and O–H groups in total. The highest BCUT2D eigenvalue weighted by molar-refractivity contribution is 6.05. The van der Waals surface area contributed by atoms with Crippen LogP contribution in [0.15, 0.2) is 18.2 Å². The van der Waals surface area contributed by atoms with Gasteiger partial charge in [-0.2, -0.15) is 0 Å². The van der Waals surface area contributed by atoms with Gasteiger partial charge in [0, 0.05) is 18.5 Å². The fraction of sp³-hybridized carbons (Fsp3) is 0.500. The molecule has 2 aliphatic heterocycles. The summed E-state index contributed by atoms with van der Waals surface area (Å²) in [4.78, 5) is 47.9. The molecule has 1 atom stereocenters. The van der Waals surface area contributed by atoms with Gasteiger partial charge >= 0.3 is 5.97 Å². The summed E-state index contributed by atoms with van der Waals surface area (Å²) in [6.07, 6.45) is 0.505. The van der Waals surface area contributed by atoms with Gasteiger partial charge in [-0.3, -0.25) is 24.5 Å². The maximum atomic E-state index is 12.6. The number of hydrogen-bond donors (Lipinski definition) is 2. The zero-order chi connectivity index (χ0) is 21.5. The number of imide groups is 1. The van der Waals surface area contributed by atoms with E-state index < -0.39 is 17.9 Å². The number of carbonyl (C=O) groups is 4. The van der Waals surface area contributed by atoms with E-state index >= 15 is 0 Å². The lowest BCUT2D eigenvalue weighted by atomic mass is 10.0. The number of fused-ring (bicyclic) bond motifs is 1. The zero-order valence-electron chi connectivity index (χ0n) is 16.4. The first-order chi connectivity index (χ1) is 14.5. The molecule has 0 spiro atoms. The van der Waals surface area contributed by atoms with Gasteiger partial charge in [0.05, 0.1) is 32.8 Å². The lowest BCUT2D eigenvalue weighted by Crippen LogP contribution is -2.52. The SMILES string of the molecule is O=C(O)CCOCCOCCOc1ccc2c(c1)CN(C1CCC(=O)NC1=O)C2=O. The van der Waals surface area contributed by atoms with E-state index in [0.717, 1.165) is 5.56 Å². The Morgan fingerprint density at radius 3 is 2.57 bits per heavy atom. The molecule has 10 heteroatoms. The van der Waals surface area contributed by atoms with Crippen molar-refractivity contribution < 1.29 is 38.5 Å². The molecule has 1 aromatic rings. The molecule has 3 rings (SSSR count). The maximum absolute atomic E-state index is 12.6. The highest BCUT2D eigenvalue weighted by atomic mass is 16.5. The van der Waals surface area contributed by atoms with Crippen molar-refractivity contribution in [1.82, 2.24) is 10.2 Å². The van der Waals surface area contributed by atoms with Gasteiger partial charge in [0.15, 0.2) is 0 Å². The van der Waals surface area contributed by atoms with Gasteiger partial charge in [0.2, 0.25) is 11.8 Å². The third-order valence-electron chi connectivity index (χ3n) is 4.82. The van der Waals surface area contributed by atoms with Crippen LogP contribution in [0, 0.1) is 0 Å². The van der Waals surface area contributed by atoms with Crippen molar-refractivity contribution in [3.05, 3.63) is 29.3 Å². The number of nitrogens with one attached hydrogen (secondary N) is 1. The number of amides is 3. The van der Waals surface area contributed by atoms with E-state index in [0.29, 0.717) is 50.7 Å². The van der Waals surface area contributed by atoms with Gasteiger partial charge in [-0.05, 0) is 30.2 Å². The van der Waals surface area contributed by atoms with Crippen molar-refractivity contribution in [2.45, 2.75) is 31.8 Å². The summed E-state index contributed by atoms with van der Waals surface area (Å²) in [6.45, 7) is 1.73. The largest absolute Gasteiger partial charge is 0.491 e. The molecule has 0 bridgehead atoms. The fourth-order valence-corrected chi connectivity index (χ4v) is 3.34. The van der Waals surface area contributed by atoms with Gasteiger partial charge in [0.25, 0.3) is 5.91 Å². The molecule has 3 amide bonds. The third-order valence-corrected chi connectivity index (χ3v) is 4.82. The van der Waals surface area contributed by atoms with Crippen molar-refractivity contribution in [2.24, 2.45) is 0 Å². The van der Waals surface area contributed by atoms with E-state index in [1.807, 2.05) is 0 Å². The van der Waals surface area contributed by atoms with Gasteiger partial charge in [-0.15, -0.1) is 0 Å². The van der Waals surface area contributed by atoms with Gasteiger partial charge in [-0.25, -0.2) is 0 Å². The van der Waals surface area contributed by atoms with E-state index in [9.17, 15) is 19.2 Å². The topological polar surface area (TPSA) is 131 Å². The standard InChI is InChI=1S/C20H24N2O8/c23-17-4-3-16(19(26)21-17)22-12-13-11-14(1-2-15(13)20(22)27)30-10-9-29-8-7-28-6-5-18(24)25/h1-2,11,16H,3-10,12H2,(H,24,25)(H,21,23,26). The predicted molar refractivity (Wildman–Crippen MR) is 102 cm³/mol. The molecule has 1 saturated heterocycles. The van der Waals surface area contributed by atoms with Crippen molar-refractivity contribution in [3.8, 4) is 5.75 Å². The first kappa shape index (κ1) is 21.7. The number of carboxylic acids is 1. The van der Waals surface area contributed by atoms with Crippen LogP contribution in [0.25, 0.3) is 0 Å². The van der Waals surface area contributed by atoms with Crippen molar-refractivity contribution >= 4 is 23.7 Å². The van der Waals surface area contributed by atoms with E-state index in [1.165, 1.54) is 4.90 Å². The minimum atomic E-state index is -0.902. The number of hydrogen-bond acceptors (Lipinski definition) is 7. The Kier molecular flexibility index (Phi) is 7.36. The molecule has 0 aromatic heterocycles. The number of aliphatic carboxylic acids is 1. The molecule has 1 fully saturated rings. The van der Waals surface area contributed by atoms with Crippen molar-refractivity contribution in [1.29, 1.82) is 0 Å². The number of carboxylic acid groups (broad SMARTS) is 1. The molecule has 10 nitrogen and oxygen atoms in total. The smallest absolute Gasteiger partial charge is 0.305 e. The number of piperidine rings is 1. The molecule has 1 unspecified atom stereocenters. The zero-order valence-corrected chi connectivity index (χ0v) is 16.4. The number of rotatable bonds is 11. The molecule has 2 aliphatic rings. The maximum Gasteiger partial charge on any atom is 0.305 e. The van der Waals surface area contributed by atoms with Crippen LogP contribution in [-0.2, 0) is 30.4 Å². The van der Waals surface area contributed by atoms with Crippen molar-refractivity contribution in [2.75, 3.05) is 33.0 Å². The summed E-state index contributed by atoms with van der Waals surface area (Å²) in [5.74, 6) is -1.29. The number of nitrogens with zero attached hydrogens (tertiary/aromatic N) is 1. The minimum Gasteiger partial charge on any atom is -0.491 e. The minimum absolute atomic E-state index is 0.0368. The summed E-state index contributed by atoms with van der Waals surface area (Å²) in [5, 5.41) is 10.8. The summed E-state index contributed by atoms with van der Waals surface area (Å²) < 4.78 is 16.1. The lowest BCUT2D eigenvalue weighted by molar-refractivity contribution is -0.139. The summed E-state index contributed by atoms with van der Waals surface area (Å²) >= 11 is 0. The molecule has 162 valence electrons. The van der Waals surface area contributed by atoms with E-state index in [1.54, 1.807) is 18.2 Å². The van der Waals surface area contributed by atoms with E-state index in [4.69, 9.17) is 19.3 Å². The van der Waals surface area contributed by atoms with Crippen LogP contribution in [0.5, 0.6) is 5.75 Å². The third kappa shape index (κ3) is 5.55. The van der Waals surface area contributed by atoms with Gasteiger partial charge in [0.1, 0.15) is 18.4 Å². The molecule has 30 heavy (non-hydrogen) atoms. The van der Waals surface area contributed by atoms with Crippen LogP contribution in [0.2, 0.25) is 0 Å². The Morgan fingerprint density at radius 1 is 1.10 bits per heavy atom. The molecule has 2 heterocycles. The average Bonchev–Trinajstić information content (AvgIpc) is 3.02. The summed E-state index contributed by atoms with van der Waals surface area (Å²) in [5.41, 5.74) is 1.30. The number of carbonyl (C=O) groups excluding carboxylic acids is 3. The lowest BCUT2D eigenvalue weighted by Gasteiger charge is -2.29. The molecular weight excluding hydrogens is 396 g/mol. The van der Waals surface area contributed by atoms with E-state index in [-0.39, 0.29) is 31.3 Å². The molecule has 0 radical (unpaired) electrons. The summed E-state index contributed by atoms with van der Waals surface area (Å²) in [6, 6.07) is 4.50. The highest BCUT2D eigenvalue weighted by Crippen LogP contribution is 2.30. The Labute approximate surface area is 173 Å². The van der Waals surface area contributed by atoms with Gasteiger partial charge in [-0.1, -0.05) is 0 Å². The van der Waals surface area contributed by atoms with Crippen LogP contribution < -0.4 is 10.1 Å². The summed E-state index contributed by atoms with van der Waals surface area (Å²) in [7, 11) is 0. The second-order valence-electron chi connectivity index (χ2n) is 6.94. The van der Waals surface area contributed by atoms with Crippen LogP contribution >= 0.6 is 0 Å². The van der Waals surface area contributed by atoms with Crippen LogP contribution in [0.3, 0.4) is 0 Å². The number of ether oxygens (including phenoxy) is 3. The normalized spacial score (nSPS) is 18.3. The Morgan fingerprint density at radius 2 is 1.83 bits per heavy atom. The monoisotopic (exact) mass is 420 g/mol. The average molecular weight is 420 g/mol. The first-order valence-corrected chi connectivity index (χ1v) is 9.73. The van der Waals surface area contributed by atoms with Crippen LogP contribution in [0.4, 0.5) is 0 Å². The van der Waals surface area contributed by atoms with E-state index in [2.05, 4.69) is 5.32 Å². The Bertz CT molecular complexity index is 825. The number of benzene rings is 1. The second-order valence-corrected chi connectivity index (χ2v) is 6.94. The Hall–Kier alpha value is -2.98. The van der Waals surface area contributed by atoms with Crippen LogP contribution in [0.1, 0.15) is 35.2 Å². The van der Waals surface area contributed by atoms with Crippen molar-refractivity contribution in [3.63, 3.8) is 0 Å². The fourth-order valence-electron chi connectivity index (χ4n) is 3.34. The first-order valence-electron chi connectivity index (χ1n) is 9.73. The predicted octanol–water partition coefficient (Wildman–Crippen LogP) is 0.334. The quantitative estimate of drug-likeness (QED) is 0.387. The Balaban J connectivity index is 1.41. The molecule has 1 aromatic carbocycles. The molecule has 0 saturated carbocycles. The van der Waals surface area contributed by atoms with Gasteiger partial charge < -0.3 is 24.2 Å². The second kappa shape index (κ2) is 10.2. The van der Waals surface area contributed by atoms with Crippen LogP contribution in [-0.4, -0.2) is 72.8 Å². The molecule has 0 aliphatic carbocycles. The molecular formula is C20H24N2O8.